The summed E-state index contributed by atoms with van der Waals surface area (Å²) >= 11 is 1.71. The van der Waals surface area contributed by atoms with E-state index in [-0.39, 0.29) is 5.41 Å². The molecule has 1 heterocycles. The van der Waals surface area contributed by atoms with Crippen molar-refractivity contribution in [1.29, 1.82) is 0 Å². The molecular weight excluding hydrogens is 208 g/mol. The van der Waals surface area contributed by atoms with E-state index in [1.807, 2.05) is 0 Å². The topological polar surface area (TPSA) is 37.3 Å². The molecule has 0 unspecified atom stereocenters. The van der Waals surface area contributed by atoms with Crippen molar-refractivity contribution in [1.82, 2.24) is 0 Å². The van der Waals surface area contributed by atoms with Gasteiger partial charge in [-0.25, -0.2) is 0 Å². The lowest BCUT2D eigenvalue weighted by molar-refractivity contribution is -0.141. The molecule has 2 rings (SSSR count). The molecule has 0 atom stereocenters. The molecule has 0 radical (unpaired) electrons. The highest BCUT2D eigenvalue weighted by molar-refractivity contribution is 7.07. The van der Waals surface area contributed by atoms with Crippen LogP contribution >= 0.6 is 11.3 Å². The normalized spacial score (nSPS) is 18.4. The van der Waals surface area contributed by atoms with E-state index in [1.165, 1.54) is 12.0 Å². The number of rotatable bonds is 5. The van der Waals surface area contributed by atoms with Crippen LogP contribution in [-0.2, 0) is 11.2 Å². The maximum atomic E-state index is 10.8. The standard InChI is InChI=1S/C12H16O2S/c13-11(14)8-12(4-1-5-12)6-2-10-3-7-15-9-10/h3,7,9H,1-2,4-6,8H2,(H,13,14). The van der Waals surface area contributed by atoms with Gasteiger partial charge in [-0.1, -0.05) is 6.42 Å². The number of thiophene rings is 1. The molecule has 1 saturated carbocycles. The minimum absolute atomic E-state index is 0.119. The third-order valence-corrected chi connectivity index (χ3v) is 4.20. The van der Waals surface area contributed by atoms with Gasteiger partial charge in [0, 0.05) is 0 Å². The Balaban J connectivity index is 1.88. The molecule has 0 aromatic carbocycles. The Morgan fingerprint density at radius 3 is 2.80 bits per heavy atom. The highest BCUT2D eigenvalue weighted by atomic mass is 32.1. The van der Waals surface area contributed by atoms with Gasteiger partial charge in [0.1, 0.15) is 0 Å². The van der Waals surface area contributed by atoms with Crippen LogP contribution in [0.25, 0.3) is 0 Å². The minimum atomic E-state index is -0.639. The largest absolute Gasteiger partial charge is 0.481 e. The van der Waals surface area contributed by atoms with Gasteiger partial charge in [-0.2, -0.15) is 11.3 Å². The van der Waals surface area contributed by atoms with Crippen LogP contribution in [0.15, 0.2) is 16.8 Å². The van der Waals surface area contributed by atoms with Gasteiger partial charge in [-0.05, 0) is 53.5 Å². The molecule has 1 aliphatic carbocycles. The zero-order chi connectivity index (χ0) is 10.7. The Labute approximate surface area is 93.9 Å². The molecule has 15 heavy (non-hydrogen) atoms. The van der Waals surface area contributed by atoms with E-state index < -0.39 is 5.97 Å². The van der Waals surface area contributed by atoms with Crippen molar-refractivity contribution in [3.05, 3.63) is 22.4 Å². The zero-order valence-electron chi connectivity index (χ0n) is 8.74. The van der Waals surface area contributed by atoms with E-state index in [0.717, 1.165) is 25.7 Å². The number of carbonyl (C=O) groups is 1. The second-order valence-electron chi connectivity index (χ2n) is 4.56. The van der Waals surface area contributed by atoms with E-state index in [1.54, 1.807) is 11.3 Å². The summed E-state index contributed by atoms with van der Waals surface area (Å²) in [5, 5.41) is 13.1. The van der Waals surface area contributed by atoms with Crippen molar-refractivity contribution in [2.75, 3.05) is 0 Å². The molecule has 2 nitrogen and oxygen atoms in total. The first-order chi connectivity index (χ1) is 7.20. The lowest BCUT2D eigenvalue weighted by Gasteiger charge is -2.41. The van der Waals surface area contributed by atoms with E-state index >= 15 is 0 Å². The number of aliphatic carboxylic acids is 1. The minimum Gasteiger partial charge on any atom is -0.481 e. The van der Waals surface area contributed by atoms with Crippen molar-refractivity contribution in [3.63, 3.8) is 0 Å². The number of hydrogen-bond donors (Lipinski definition) is 1. The average Bonchev–Trinajstić information content (AvgIpc) is 2.61. The first-order valence-electron chi connectivity index (χ1n) is 5.43. The molecule has 1 aromatic heterocycles. The summed E-state index contributed by atoms with van der Waals surface area (Å²) in [6.07, 6.45) is 5.84. The molecule has 0 amide bonds. The Morgan fingerprint density at radius 1 is 1.53 bits per heavy atom. The number of aryl methyl sites for hydroxylation is 1. The summed E-state index contributed by atoms with van der Waals surface area (Å²) in [4.78, 5) is 10.8. The van der Waals surface area contributed by atoms with Crippen LogP contribution in [-0.4, -0.2) is 11.1 Å². The molecule has 0 spiro atoms. The lowest BCUT2D eigenvalue weighted by atomic mass is 9.64. The molecule has 1 aromatic rings. The smallest absolute Gasteiger partial charge is 0.303 e. The molecule has 1 fully saturated rings. The van der Waals surface area contributed by atoms with Gasteiger partial charge in [0.05, 0.1) is 6.42 Å². The molecule has 1 aliphatic rings. The Morgan fingerprint density at radius 2 is 2.33 bits per heavy atom. The van der Waals surface area contributed by atoms with Gasteiger partial charge < -0.3 is 5.11 Å². The fourth-order valence-electron chi connectivity index (χ4n) is 2.36. The van der Waals surface area contributed by atoms with E-state index in [4.69, 9.17) is 5.11 Å². The predicted molar refractivity (Wildman–Crippen MR) is 61.2 cm³/mol. The van der Waals surface area contributed by atoms with Crippen molar-refractivity contribution in [2.45, 2.75) is 38.5 Å². The Kier molecular flexibility index (Phi) is 3.10. The lowest BCUT2D eigenvalue weighted by Crippen LogP contribution is -2.32. The van der Waals surface area contributed by atoms with Gasteiger partial charge >= 0.3 is 5.97 Å². The predicted octanol–water partition coefficient (Wildman–Crippen LogP) is 3.33. The van der Waals surface area contributed by atoms with E-state index in [2.05, 4.69) is 16.8 Å². The molecular formula is C12H16O2S. The first-order valence-corrected chi connectivity index (χ1v) is 6.37. The summed E-state index contributed by atoms with van der Waals surface area (Å²) in [6, 6.07) is 2.14. The SMILES string of the molecule is O=C(O)CC1(CCc2ccsc2)CCC1. The van der Waals surface area contributed by atoms with Gasteiger partial charge in [-0.3, -0.25) is 4.79 Å². The van der Waals surface area contributed by atoms with Gasteiger partial charge in [-0.15, -0.1) is 0 Å². The maximum Gasteiger partial charge on any atom is 0.303 e. The van der Waals surface area contributed by atoms with Crippen molar-refractivity contribution >= 4 is 17.3 Å². The van der Waals surface area contributed by atoms with Crippen LogP contribution in [0.4, 0.5) is 0 Å². The summed E-state index contributed by atoms with van der Waals surface area (Å²) in [7, 11) is 0. The average molecular weight is 224 g/mol. The monoisotopic (exact) mass is 224 g/mol. The van der Waals surface area contributed by atoms with Crippen molar-refractivity contribution in [2.24, 2.45) is 5.41 Å². The summed E-state index contributed by atoms with van der Waals surface area (Å²) in [5.41, 5.74) is 1.48. The molecule has 0 saturated heterocycles. The number of hydrogen-bond acceptors (Lipinski definition) is 2. The van der Waals surface area contributed by atoms with E-state index in [0.29, 0.717) is 6.42 Å². The van der Waals surface area contributed by atoms with Gasteiger partial charge in [0.25, 0.3) is 0 Å². The fourth-order valence-corrected chi connectivity index (χ4v) is 3.06. The fraction of sp³-hybridized carbons (Fsp3) is 0.583. The zero-order valence-corrected chi connectivity index (χ0v) is 9.55. The van der Waals surface area contributed by atoms with Gasteiger partial charge in [0.2, 0.25) is 0 Å². The van der Waals surface area contributed by atoms with Crippen LogP contribution < -0.4 is 0 Å². The molecule has 3 heteroatoms. The quantitative estimate of drug-likeness (QED) is 0.833. The van der Waals surface area contributed by atoms with Crippen LogP contribution in [0.2, 0.25) is 0 Å². The second kappa shape index (κ2) is 4.35. The maximum absolute atomic E-state index is 10.8. The number of carboxylic acid groups (broad SMARTS) is 1. The molecule has 0 aliphatic heterocycles. The third-order valence-electron chi connectivity index (χ3n) is 3.46. The molecule has 82 valence electrons. The Bertz CT molecular complexity index is 325. The third kappa shape index (κ3) is 2.59. The van der Waals surface area contributed by atoms with Crippen LogP contribution in [0.3, 0.4) is 0 Å². The first kappa shape index (κ1) is 10.7. The highest BCUT2D eigenvalue weighted by Crippen LogP contribution is 2.47. The van der Waals surface area contributed by atoms with Gasteiger partial charge in [0.15, 0.2) is 0 Å². The number of carboxylic acids is 1. The van der Waals surface area contributed by atoms with E-state index in [9.17, 15) is 4.79 Å². The van der Waals surface area contributed by atoms with Crippen LogP contribution in [0, 0.1) is 5.41 Å². The van der Waals surface area contributed by atoms with Crippen LogP contribution in [0.1, 0.15) is 37.7 Å². The second-order valence-corrected chi connectivity index (χ2v) is 5.34. The molecule has 0 bridgehead atoms. The summed E-state index contributed by atoms with van der Waals surface area (Å²) < 4.78 is 0. The molecule has 1 N–H and O–H groups in total. The van der Waals surface area contributed by atoms with Crippen molar-refractivity contribution in [3.8, 4) is 0 Å². The Hall–Kier alpha value is -0.830. The summed E-state index contributed by atoms with van der Waals surface area (Å²) in [6.45, 7) is 0. The van der Waals surface area contributed by atoms with Crippen LogP contribution in [0.5, 0.6) is 0 Å². The van der Waals surface area contributed by atoms with Crippen molar-refractivity contribution < 1.29 is 9.90 Å². The summed E-state index contributed by atoms with van der Waals surface area (Å²) in [5.74, 6) is -0.639. The highest BCUT2D eigenvalue weighted by Gasteiger charge is 2.38.